The van der Waals surface area contributed by atoms with E-state index in [4.69, 9.17) is 9.47 Å². The van der Waals surface area contributed by atoms with Crippen molar-refractivity contribution in [1.82, 2.24) is 9.80 Å². The summed E-state index contributed by atoms with van der Waals surface area (Å²) in [6, 6.07) is 8.27. The Morgan fingerprint density at radius 1 is 0.885 bits per heavy atom. The van der Waals surface area contributed by atoms with E-state index in [0.29, 0.717) is 12.1 Å². The van der Waals surface area contributed by atoms with Crippen molar-refractivity contribution in [3.05, 3.63) is 29.8 Å². The van der Waals surface area contributed by atoms with E-state index in [1.807, 2.05) is 12.1 Å². The lowest BCUT2D eigenvalue weighted by molar-refractivity contribution is -0.0149. The van der Waals surface area contributed by atoms with E-state index < -0.39 is 0 Å². The summed E-state index contributed by atoms with van der Waals surface area (Å²) in [6.07, 6.45) is 1.07. The van der Waals surface area contributed by atoms with Gasteiger partial charge in [-0.15, -0.1) is 0 Å². The van der Waals surface area contributed by atoms with Crippen LogP contribution in [0.4, 0.5) is 0 Å². The highest BCUT2D eigenvalue weighted by molar-refractivity contribution is 5.26. The Balaban J connectivity index is 1.62. The van der Waals surface area contributed by atoms with Crippen LogP contribution in [0.5, 0.6) is 5.75 Å². The van der Waals surface area contributed by atoms with Crippen molar-refractivity contribution in [3.63, 3.8) is 0 Å². The van der Waals surface area contributed by atoms with Gasteiger partial charge in [0, 0.05) is 38.3 Å². The van der Waals surface area contributed by atoms with Gasteiger partial charge in [-0.1, -0.05) is 12.1 Å². The number of piperazine rings is 1. The molecule has 0 radical (unpaired) electrons. The summed E-state index contributed by atoms with van der Waals surface area (Å²) >= 11 is 0. The van der Waals surface area contributed by atoms with Crippen molar-refractivity contribution in [2.75, 3.05) is 39.3 Å². The van der Waals surface area contributed by atoms with Crippen LogP contribution in [0.2, 0.25) is 0 Å². The molecule has 0 bridgehead atoms. The molecule has 4 heteroatoms. The third-order valence-electron chi connectivity index (χ3n) is 4.80. The van der Waals surface area contributed by atoms with E-state index in [2.05, 4.69) is 63.5 Å². The Morgan fingerprint density at radius 2 is 1.50 bits per heavy atom. The molecule has 1 fully saturated rings. The van der Waals surface area contributed by atoms with E-state index in [1.54, 1.807) is 0 Å². The zero-order valence-electron chi connectivity index (χ0n) is 17.7. The fraction of sp³-hybridized carbons (Fsp3) is 0.727. The van der Waals surface area contributed by atoms with Crippen LogP contribution >= 0.6 is 0 Å². The Labute approximate surface area is 160 Å². The van der Waals surface area contributed by atoms with Gasteiger partial charge in [-0.05, 0) is 65.7 Å². The number of hydrogen-bond acceptors (Lipinski definition) is 4. The van der Waals surface area contributed by atoms with Crippen LogP contribution in [0.3, 0.4) is 0 Å². The second-order valence-electron chi connectivity index (χ2n) is 9.25. The topological polar surface area (TPSA) is 24.9 Å². The van der Waals surface area contributed by atoms with Crippen molar-refractivity contribution in [3.8, 4) is 5.75 Å². The first-order chi connectivity index (χ1) is 12.1. The molecular formula is C22H38N2O2. The van der Waals surface area contributed by atoms with Crippen molar-refractivity contribution < 1.29 is 9.47 Å². The van der Waals surface area contributed by atoms with Crippen LogP contribution in [0.1, 0.15) is 53.5 Å². The highest BCUT2D eigenvalue weighted by Gasteiger charge is 2.25. The molecule has 2 rings (SSSR count). The Morgan fingerprint density at radius 3 is 2.04 bits per heavy atom. The standard InChI is InChI=1S/C22H38N2O2/c1-21(2,3)24-15-13-23(14-16-24)12-7-17-25-20-10-8-19(9-11-20)18-26-22(4,5)6/h8-11H,7,12-18H2,1-6H3. The summed E-state index contributed by atoms with van der Waals surface area (Å²) < 4.78 is 11.7. The molecule has 1 aromatic carbocycles. The van der Waals surface area contributed by atoms with Crippen molar-refractivity contribution in [1.29, 1.82) is 0 Å². The summed E-state index contributed by atoms with van der Waals surface area (Å²) in [7, 11) is 0. The van der Waals surface area contributed by atoms with Crippen molar-refractivity contribution in [2.45, 2.75) is 65.7 Å². The van der Waals surface area contributed by atoms with E-state index in [9.17, 15) is 0 Å². The summed E-state index contributed by atoms with van der Waals surface area (Å²) in [5.41, 5.74) is 1.37. The van der Waals surface area contributed by atoms with Gasteiger partial charge < -0.3 is 14.4 Å². The molecule has 0 aliphatic carbocycles. The average Bonchev–Trinajstić information content (AvgIpc) is 2.57. The SMILES string of the molecule is CC(C)(C)OCc1ccc(OCCCN2CCN(C(C)(C)C)CC2)cc1. The van der Waals surface area contributed by atoms with Crippen LogP contribution < -0.4 is 4.74 Å². The lowest BCUT2D eigenvalue weighted by Gasteiger charge is -2.42. The van der Waals surface area contributed by atoms with Crippen LogP contribution in [-0.2, 0) is 11.3 Å². The summed E-state index contributed by atoms with van der Waals surface area (Å²) in [5.74, 6) is 0.946. The molecule has 0 amide bonds. The molecule has 0 N–H and O–H groups in total. The second-order valence-corrected chi connectivity index (χ2v) is 9.25. The smallest absolute Gasteiger partial charge is 0.119 e. The van der Waals surface area contributed by atoms with Gasteiger partial charge >= 0.3 is 0 Å². The zero-order chi connectivity index (χ0) is 19.2. The van der Waals surface area contributed by atoms with E-state index in [1.165, 1.54) is 31.7 Å². The predicted octanol–water partition coefficient (Wildman–Crippen LogP) is 4.19. The molecule has 4 nitrogen and oxygen atoms in total. The molecule has 26 heavy (non-hydrogen) atoms. The van der Waals surface area contributed by atoms with E-state index in [0.717, 1.165) is 25.3 Å². The fourth-order valence-electron chi connectivity index (χ4n) is 3.10. The molecule has 1 aromatic rings. The van der Waals surface area contributed by atoms with Crippen LogP contribution in [0.15, 0.2) is 24.3 Å². The van der Waals surface area contributed by atoms with Gasteiger partial charge in [0.05, 0.1) is 18.8 Å². The molecular weight excluding hydrogens is 324 g/mol. The minimum Gasteiger partial charge on any atom is -0.494 e. The maximum Gasteiger partial charge on any atom is 0.119 e. The molecule has 0 spiro atoms. The number of nitrogens with zero attached hydrogens (tertiary/aromatic N) is 2. The third-order valence-corrected chi connectivity index (χ3v) is 4.80. The zero-order valence-corrected chi connectivity index (χ0v) is 17.7. The lowest BCUT2D eigenvalue weighted by Crippen LogP contribution is -2.53. The van der Waals surface area contributed by atoms with Crippen LogP contribution in [0.25, 0.3) is 0 Å². The lowest BCUT2D eigenvalue weighted by atomic mass is 10.0. The predicted molar refractivity (Wildman–Crippen MR) is 109 cm³/mol. The minimum atomic E-state index is -0.104. The van der Waals surface area contributed by atoms with Gasteiger partial charge in [-0.25, -0.2) is 0 Å². The highest BCUT2D eigenvalue weighted by atomic mass is 16.5. The minimum absolute atomic E-state index is 0.104. The number of benzene rings is 1. The van der Waals surface area contributed by atoms with Gasteiger partial charge in [0.2, 0.25) is 0 Å². The molecule has 1 saturated heterocycles. The molecule has 0 unspecified atom stereocenters. The number of ether oxygens (including phenoxy) is 2. The first kappa shape index (κ1) is 21.2. The Kier molecular flexibility index (Phi) is 7.51. The highest BCUT2D eigenvalue weighted by Crippen LogP contribution is 2.17. The largest absolute Gasteiger partial charge is 0.494 e. The van der Waals surface area contributed by atoms with Crippen molar-refractivity contribution >= 4 is 0 Å². The quantitative estimate of drug-likeness (QED) is 0.679. The molecule has 1 aliphatic heterocycles. The summed E-state index contributed by atoms with van der Waals surface area (Å²) in [4.78, 5) is 5.13. The summed E-state index contributed by atoms with van der Waals surface area (Å²) in [6.45, 7) is 20.3. The maximum atomic E-state index is 5.89. The molecule has 148 valence electrons. The first-order valence-electron chi connectivity index (χ1n) is 9.97. The van der Waals surface area contributed by atoms with Gasteiger partial charge in [0.25, 0.3) is 0 Å². The Bertz CT molecular complexity index is 521. The van der Waals surface area contributed by atoms with Crippen LogP contribution in [0, 0.1) is 0 Å². The van der Waals surface area contributed by atoms with Gasteiger partial charge in [0.1, 0.15) is 5.75 Å². The number of rotatable bonds is 7. The summed E-state index contributed by atoms with van der Waals surface area (Å²) in [5, 5.41) is 0. The van der Waals surface area contributed by atoms with Gasteiger partial charge in [0.15, 0.2) is 0 Å². The Hall–Kier alpha value is -1.10. The van der Waals surface area contributed by atoms with E-state index in [-0.39, 0.29) is 5.60 Å². The number of hydrogen-bond donors (Lipinski definition) is 0. The first-order valence-corrected chi connectivity index (χ1v) is 9.97. The average molecular weight is 363 g/mol. The molecule has 1 aliphatic rings. The molecule has 1 heterocycles. The van der Waals surface area contributed by atoms with Gasteiger partial charge in [-0.2, -0.15) is 0 Å². The maximum absolute atomic E-state index is 5.89. The van der Waals surface area contributed by atoms with E-state index >= 15 is 0 Å². The normalized spacial score (nSPS) is 17.5. The van der Waals surface area contributed by atoms with Crippen LogP contribution in [-0.4, -0.2) is 60.3 Å². The monoisotopic (exact) mass is 362 g/mol. The molecule has 0 saturated carbocycles. The fourth-order valence-corrected chi connectivity index (χ4v) is 3.10. The van der Waals surface area contributed by atoms with Gasteiger partial charge in [-0.3, -0.25) is 4.90 Å². The third kappa shape index (κ3) is 7.65. The molecule has 0 aromatic heterocycles. The second kappa shape index (κ2) is 9.20. The molecule has 0 atom stereocenters. The van der Waals surface area contributed by atoms with Crippen molar-refractivity contribution in [2.24, 2.45) is 0 Å².